The van der Waals surface area contributed by atoms with E-state index in [0.717, 1.165) is 45.3 Å². The Bertz CT molecular complexity index is 325. The molecule has 0 saturated heterocycles. The van der Waals surface area contributed by atoms with Crippen molar-refractivity contribution in [3.05, 3.63) is 22.4 Å². The van der Waals surface area contributed by atoms with Crippen molar-refractivity contribution in [3.8, 4) is 0 Å². The lowest BCUT2D eigenvalue weighted by Gasteiger charge is -2.20. The van der Waals surface area contributed by atoms with E-state index in [0.29, 0.717) is 6.42 Å². The number of nitrogens with zero attached hydrogens (tertiary/aromatic N) is 1. The Balaban J connectivity index is 2.24. The molecule has 0 bridgehead atoms. The normalized spacial score (nSPS) is 10.6. The zero-order chi connectivity index (χ0) is 13.2. The number of carbonyl (C=O) groups is 1. The fourth-order valence-corrected chi connectivity index (χ4v) is 2.62. The van der Waals surface area contributed by atoms with Gasteiger partial charge in [0, 0.05) is 17.8 Å². The van der Waals surface area contributed by atoms with Gasteiger partial charge in [-0.15, -0.1) is 11.3 Å². The monoisotopic (exact) mass is 268 g/mol. The van der Waals surface area contributed by atoms with Gasteiger partial charge in [0.1, 0.15) is 0 Å². The highest BCUT2D eigenvalue weighted by molar-refractivity contribution is 7.09. The molecule has 0 atom stereocenters. The molecule has 102 valence electrons. The molecule has 0 unspecified atom stereocenters. The molecule has 0 aromatic carbocycles. The first kappa shape index (κ1) is 15.2. The van der Waals surface area contributed by atoms with Crippen LogP contribution >= 0.6 is 11.3 Å². The highest BCUT2D eigenvalue weighted by Crippen LogP contribution is 2.13. The van der Waals surface area contributed by atoms with E-state index in [4.69, 9.17) is 5.73 Å². The third kappa shape index (κ3) is 5.65. The van der Waals surface area contributed by atoms with Crippen LogP contribution in [0.3, 0.4) is 0 Å². The standard InChI is InChI=1S/C14H24N2OS/c1-2-16(12-13-8-7-11-18-13)14(17)9-5-3-4-6-10-15/h7-8,11H,2-6,9-10,12,15H2,1H3. The number of unbranched alkanes of at least 4 members (excludes halogenated alkanes) is 3. The van der Waals surface area contributed by atoms with Gasteiger partial charge < -0.3 is 10.6 Å². The van der Waals surface area contributed by atoms with Crippen LogP contribution in [-0.4, -0.2) is 23.9 Å². The predicted octanol–water partition coefficient (Wildman–Crippen LogP) is 3.01. The summed E-state index contributed by atoms with van der Waals surface area (Å²) in [5, 5.41) is 2.06. The highest BCUT2D eigenvalue weighted by Gasteiger charge is 2.11. The second-order valence-electron chi connectivity index (χ2n) is 4.44. The smallest absolute Gasteiger partial charge is 0.222 e. The second kappa shape index (κ2) is 9.11. The van der Waals surface area contributed by atoms with E-state index in [9.17, 15) is 4.79 Å². The van der Waals surface area contributed by atoms with E-state index in [1.54, 1.807) is 11.3 Å². The first-order chi connectivity index (χ1) is 8.77. The van der Waals surface area contributed by atoms with Gasteiger partial charge in [0.05, 0.1) is 6.54 Å². The molecule has 2 N–H and O–H groups in total. The van der Waals surface area contributed by atoms with Crippen LogP contribution in [-0.2, 0) is 11.3 Å². The minimum atomic E-state index is 0.277. The summed E-state index contributed by atoms with van der Waals surface area (Å²) < 4.78 is 0. The summed E-state index contributed by atoms with van der Waals surface area (Å²) in [5.41, 5.74) is 5.44. The minimum absolute atomic E-state index is 0.277. The number of hydrogen-bond acceptors (Lipinski definition) is 3. The quantitative estimate of drug-likeness (QED) is 0.700. The molecule has 1 aromatic heterocycles. The van der Waals surface area contributed by atoms with Gasteiger partial charge in [0.15, 0.2) is 0 Å². The van der Waals surface area contributed by atoms with Gasteiger partial charge in [0.25, 0.3) is 0 Å². The summed E-state index contributed by atoms with van der Waals surface area (Å²) in [6.07, 6.45) is 4.98. The first-order valence-corrected chi connectivity index (χ1v) is 7.66. The summed E-state index contributed by atoms with van der Waals surface area (Å²) in [6.45, 7) is 4.35. The van der Waals surface area contributed by atoms with Crippen molar-refractivity contribution in [2.75, 3.05) is 13.1 Å². The fourth-order valence-electron chi connectivity index (χ4n) is 1.90. The fraction of sp³-hybridized carbons (Fsp3) is 0.643. The molecule has 4 heteroatoms. The summed E-state index contributed by atoms with van der Waals surface area (Å²) in [4.78, 5) is 15.2. The van der Waals surface area contributed by atoms with Crippen molar-refractivity contribution >= 4 is 17.2 Å². The third-order valence-electron chi connectivity index (χ3n) is 3.01. The number of nitrogens with two attached hydrogens (primary N) is 1. The zero-order valence-corrected chi connectivity index (χ0v) is 12.0. The predicted molar refractivity (Wildman–Crippen MR) is 77.5 cm³/mol. The van der Waals surface area contributed by atoms with Crippen LogP contribution in [0.25, 0.3) is 0 Å². The molecule has 0 fully saturated rings. The average Bonchev–Trinajstić information content (AvgIpc) is 2.88. The van der Waals surface area contributed by atoms with Crippen molar-refractivity contribution in [1.29, 1.82) is 0 Å². The molecule has 1 aromatic rings. The van der Waals surface area contributed by atoms with E-state index < -0.39 is 0 Å². The number of thiophene rings is 1. The van der Waals surface area contributed by atoms with E-state index in [2.05, 4.69) is 11.4 Å². The SMILES string of the molecule is CCN(Cc1cccs1)C(=O)CCCCCCN. The van der Waals surface area contributed by atoms with Crippen molar-refractivity contribution in [2.45, 2.75) is 45.6 Å². The topological polar surface area (TPSA) is 46.3 Å². The first-order valence-electron chi connectivity index (χ1n) is 6.78. The van der Waals surface area contributed by atoms with Gasteiger partial charge in [0.2, 0.25) is 5.91 Å². The molecule has 1 amide bonds. The molecule has 0 aliphatic rings. The maximum atomic E-state index is 12.0. The van der Waals surface area contributed by atoms with Crippen LogP contribution in [0.15, 0.2) is 17.5 Å². The van der Waals surface area contributed by atoms with E-state index in [1.165, 1.54) is 4.88 Å². The summed E-state index contributed by atoms with van der Waals surface area (Å²) in [6, 6.07) is 4.12. The second-order valence-corrected chi connectivity index (χ2v) is 5.47. The average molecular weight is 268 g/mol. The van der Waals surface area contributed by atoms with Crippen molar-refractivity contribution in [1.82, 2.24) is 4.90 Å². The van der Waals surface area contributed by atoms with Crippen molar-refractivity contribution in [3.63, 3.8) is 0 Å². The zero-order valence-electron chi connectivity index (χ0n) is 11.2. The lowest BCUT2D eigenvalue weighted by Crippen LogP contribution is -2.29. The molecule has 1 heterocycles. The maximum absolute atomic E-state index is 12.0. The number of carbonyl (C=O) groups excluding carboxylic acids is 1. The summed E-state index contributed by atoms with van der Waals surface area (Å²) >= 11 is 1.71. The van der Waals surface area contributed by atoms with Gasteiger partial charge in [-0.05, 0) is 37.8 Å². The highest BCUT2D eigenvalue weighted by atomic mass is 32.1. The molecular formula is C14H24N2OS. The Hall–Kier alpha value is -0.870. The molecule has 0 aliphatic carbocycles. The van der Waals surface area contributed by atoms with Crippen LogP contribution in [0.5, 0.6) is 0 Å². The summed E-state index contributed by atoms with van der Waals surface area (Å²) in [7, 11) is 0. The number of amides is 1. The van der Waals surface area contributed by atoms with Crippen LogP contribution in [0.1, 0.15) is 43.9 Å². The van der Waals surface area contributed by atoms with E-state index >= 15 is 0 Å². The minimum Gasteiger partial charge on any atom is -0.338 e. The maximum Gasteiger partial charge on any atom is 0.222 e. The Morgan fingerprint density at radius 1 is 1.33 bits per heavy atom. The van der Waals surface area contributed by atoms with Crippen molar-refractivity contribution in [2.24, 2.45) is 5.73 Å². The van der Waals surface area contributed by atoms with Gasteiger partial charge in [-0.25, -0.2) is 0 Å². The van der Waals surface area contributed by atoms with Crippen LogP contribution in [0.2, 0.25) is 0 Å². The molecule has 0 aliphatic heterocycles. The van der Waals surface area contributed by atoms with E-state index in [1.807, 2.05) is 17.9 Å². The van der Waals surface area contributed by atoms with Gasteiger partial charge in [-0.3, -0.25) is 4.79 Å². The Morgan fingerprint density at radius 2 is 2.11 bits per heavy atom. The van der Waals surface area contributed by atoms with Crippen molar-refractivity contribution < 1.29 is 4.79 Å². The molecule has 0 radical (unpaired) electrons. The Morgan fingerprint density at radius 3 is 2.72 bits per heavy atom. The molecule has 1 rings (SSSR count). The van der Waals surface area contributed by atoms with Gasteiger partial charge in [-0.2, -0.15) is 0 Å². The number of hydrogen-bond donors (Lipinski definition) is 1. The van der Waals surface area contributed by atoms with Crippen LogP contribution in [0, 0.1) is 0 Å². The largest absolute Gasteiger partial charge is 0.338 e. The molecule has 0 spiro atoms. The van der Waals surface area contributed by atoms with Gasteiger partial charge >= 0.3 is 0 Å². The molecule has 18 heavy (non-hydrogen) atoms. The Kier molecular flexibility index (Phi) is 7.69. The number of rotatable bonds is 9. The van der Waals surface area contributed by atoms with Crippen LogP contribution < -0.4 is 5.73 Å². The third-order valence-corrected chi connectivity index (χ3v) is 3.87. The van der Waals surface area contributed by atoms with Gasteiger partial charge in [-0.1, -0.05) is 18.9 Å². The molecule has 3 nitrogen and oxygen atoms in total. The molecular weight excluding hydrogens is 244 g/mol. The summed E-state index contributed by atoms with van der Waals surface area (Å²) in [5.74, 6) is 0.277. The lowest BCUT2D eigenvalue weighted by molar-refractivity contribution is -0.131. The lowest BCUT2D eigenvalue weighted by atomic mass is 10.1. The van der Waals surface area contributed by atoms with E-state index in [-0.39, 0.29) is 5.91 Å². The molecule has 0 saturated carbocycles. The van der Waals surface area contributed by atoms with Crippen LogP contribution in [0.4, 0.5) is 0 Å². The Labute approximate surface area is 114 Å².